The van der Waals surface area contributed by atoms with Crippen LogP contribution in [0.3, 0.4) is 0 Å². The topological polar surface area (TPSA) is 88.4 Å². The average molecular weight is 252 g/mol. The second-order valence-corrected chi connectivity index (χ2v) is 3.93. The molecule has 0 aromatic rings. The van der Waals surface area contributed by atoms with Crippen LogP contribution in [-0.2, 0) is 14.2 Å². The maximum absolute atomic E-state index is 9.66. The van der Waals surface area contributed by atoms with Gasteiger partial charge in [-0.05, 0) is 19.3 Å². The van der Waals surface area contributed by atoms with E-state index in [-0.39, 0.29) is 18.6 Å². The highest BCUT2D eigenvalue weighted by molar-refractivity contribution is 4.69. The van der Waals surface area contributed by atoms with Gasteiger partial charge in [0.2, 0.25) is 0 Å². The lowest BCUT2D eigenvalue weighted by Crippen LogP contribution is -2.30. The third kappa shape index (κ3) is 6.92. The van der Waals surface area contributed by atoms with Crippen molar-refractivity contribution in [2.75, 3.05) is 27.9 Å². The fourth-order valence-electron chi connectivity index (χ4n) is 1.63. The fourth-order valence-corrected chi connectivity index (χ4v) is 1.63. The normalized spacial score (nSPS) is 18.7. The van der Waals surface area contributed by atoms with Gasteiger partial charge in [-0.1, -0.05) is 0 Å². The van der Waals surface area contributed by atoms with E-state index in [9.17, 15) is 10.2 Å². The molecule has 3 N–H and O–H groups in total. The molecule has 0 radical (unpaired) electrons. The molecule has 0 aliphatic heterocycles. The summed E-state index contributed by atoms with van der Waals surface area (Å²) in [4.78, 5) is 0. The Morgan fingerprint density at radius 2 is 1.59 bits per heavy atom. The molecular weight excluding hydrogens is 228 g/mol. The van der Waals surface area contributed by atoms with Gasteiger partial charge in [-0.15, -0.1) is 0 Å². The molecule has 0 aromatic carbocycles. The van der Waals surface area contributed by atoms with Gasteiger partial charge in [0.15, 0.2) is 12.6 Å². The van der Waals surface area contributed by atoms with Crippen LogP contribution < -0.4 is 0 Å². The number of hydrogen-bond donors (Lipinski definition) is 3. The average Bonchev–Trinajstić information content (AvgIpc) is 2.37. The zero-order valence-corrected chi connectivity index (χ0v) is 10.7. The summed E-state index contributed by atoms with van der Waals surface area (Å²) < 4.78 is 14.6. The molecule has 4 atom stereocenters. The molecule has 0 aliphatic carbocycles. The van der Waals surface area contributed by atoms with E-state index in [2.05, 4.69) is 0 Å². The van der Waals surface area contributed by atoms with Crippen molar-refractivity contribution in [3.8, 4) is 0 Å². The predicted octanol–water partition coefficient (Wildman–Crippen LogP) is -0.290. The largest absolute Gasteiger partial charge is 0.394 e. The van der Waals surface area contributed by atoms with Crippen LogP contribution in [-0.4, -0.2) is 61.9 Å². The van der Waals surface area contributed by atoms with Crippen molar-refractivity contribution in [2.24, 2.45) is 5.92 Å². The Balaban J connectivity index is 4.22. The van der Waals surface area contributed by atoms with Crippen LogP contribution in [0, 0.1) is 5.92 Å². The summed E-state index contributed by atoms with van der Waals surface area (Å²) in [6, 6.07) is 0. The first kappa shape index (κ1) is 16.8. The Labute approximate surface area is 102 Å². The molecule has 0 aliphatic rings. The van der Waals surface area contributed by atoms with Gasteiger partial charge in [0.25, 0.3) is 0 Å². The minimum atomic E-state index is -0.941. The van der Waals surface area contributed by atoms with E-state index in [1.165, 1.54) is 21.3 Å². The number of ether oxygens (including phenoxy) is 3. The smallest absolute Gasteiger partial charge is 0.157 e. The summed E-state index contributed by atoms with van der Waals surface area (Å²) in [5.74, 6) is -0.220. The van der Waals surface area contributed by atoms with Gasteiger partial charge < -0.3 is 29.5 Å². The number of hydrogen-bond acceptors (Lipinski definition) is 6. The van der Waals surface area contributed by atoms with Crippen molar-refractivity contribution in [1.82, 2.24) is 0 Å². The first-order chi connectivity index (χ1) is 8.08. The first-order valence-corrected chi connectivity index (χ1v) is 5.64. The predicted molar refractivity (Wildman–Crippen MR) is 61.3 cm³/mol. The highest BCUT2D eigenvalue weighted by Gasteiger charge is 2.23. The van der Waals surface area contributed by atoms with E-state index >= 15 is 0 Å². The molecule has 0 rings (SSSR count). The van der Waals surface area contributed by atoms with Crippen molar-refractivity contribution in [1.29, 1.82) is 0 Å². The van der Waals surface area contributed by atoms with Gasteiger partial charge in [-0.3, -0.25) is 0 Å². The Hall–Kier alpha value is -0.240. The molecule has 0 aromatic heterocycles. The van der Waals surface area contributed by atoms with Crippen molar-refractivity contribution in [2.45, 2.75) is 37.9 Å². The molecule has 0 spiro atoms. The Kier molecular flexibility index (Phi) is 9.62. The Bertz CT molecular complexity index is 173. The van der Waals surface area contributed by atoms with Crippen LogP contribution in [0.25, 0.3) is 0 Å². The lowest BCUT2D eigenvalue weighted by molar-refractivity contribution is -0.136. The van der Waals surface area contributed by atoms with E-state index in [0.717, 1.165) is 0 Å². The Morgan fingerprint density at radius 3 is 2.00 bits per heavy atom. The lowest BCUT2D eigenvalue weighted by atomic mass is 9.95. The van der Waals surface area contributed by atoms with Gasteiger partial charge in [0, 0.05) is 27.2 Å². The molecule has 0 saturated heterocycles. The molecule has 4 unspecified atom stereocenters. The van der Waals surface area contributed by atoms with Crippen LogP contribution in [0.2, 0.25) is 0 Å². The quantitative estimate of drug-likeness (QED) is 0.463. The highest BCUT2D eigenvalue weighted by Crippen LogP contribution is 2.21. The van der Waals surface area contributed by atoms with Crippen LogP contribution in [0.5, 0.6) is 0 Å². The van der Waals surface area contributed by atoms with Crippen molar-refractivity contribution in [3.05, 3.63) is 0 Å². The highest BCUT2D eigenvalue weighted by atomic mass is 16.6. The number of methoxy groups -OCH3 is 3. The van der Waals surface area contributed by atoms with Gasteiger partial charge >= 0.3 is 0 Å². The second-order valence-electron chi connectivity index (χ2n) is 3.93. The van der Waals surface area contributed by atoms with E-state index < -0.39 is 12.6 Å². The van der Waals surface area contributed by atoms with Gasteiger partial charge in [0.05, 0.1) is 12.7 Å². The van der Waals surface area contributed by atoms with E-state index in [1.54, 1.807) is 0 Å². The minimum absolute atomic E-state index is 0.115. The monoisotopic (exact) mass is 252 g/mol. The summed E-state index contributed by atoms with van der Waals surface area (Å²) in [7, 11) is 4.32. The molecular formula is C11H24O6. The van der Waals surface area contributed by atoms with Crippen LogP contribution in [0.1, 0.15) is 19.3 Å². The van der Waals surface area contributed by atoms with Crippen LogP contribution >= 0.6 is 0 Å². The van der Waals surface area contributed by atoms with E-state index in [1.807, 2.05) is 0 Å². The van der Waals surface area contributed by atoms with Crippen molar-refractivity contribution < 1.29 is 29.5 Å². The first-order valence-electron chi connectivity index (χ1n) is 5.64. The third-order valence-corrected chi connectivity index (χ3v) is 2.80. The maximum atomic E-state index is 9.66. The molecule has 0 heterocycles. The van der Waals surface area contributed by atoms with Crippen LogP contribution in [0.15, 0.2) is 0 Å². The minimum Gasteiger partial charge on any atom is -0.394 e. The lowest BCUT2D eigenvalue weighted by Gasteiger charge is -2.25. The molecule has 0 bridgehead atoms. The molecule has 104 valence electrons. The zero-order chi connectivity index (χ0) is 13.3. The molecule has 6 heteroatoms. The van der Waals surface area contributed by atoms with Gasteiger partial charge in [-0.25, -0.2) is 0 Å². The van der Waals surface area contributed by atoms with E-state index in [0.29, 0.717) is 19.3 Å². The molecule has 6 nitrogen and oxygen atoms in total. The third-order valence-electron chi connectivity index (χ3n) is 2.80. The molecule has 17 heavy (non-hydrogen) atoms. The molecule has 0 amide bonds. The van der Waals surface area contributed by atoms with Gasteiger partial charge in [-0.2, -0.15) is 0 Å². The zero-order valence-electron chi connectivity index (χ0n) is 10.7. The maximum Gasteiger partial charge on any atom is 0.157 e. The standard InChI is InChI=1S/C11H24O6/c1-15-9(7-12)6-8(11(14)17-3)4-5-10(13)16-2/h8-14H,4-7H2,1-3H3. The SMILES string of the molecule is COC(O)CCC(CC(CO)OC)C(O)OC. The summed E-state index contributed by atoms with van der Waals surface area (Å²) in [6.07, 6.45) is -0.768. The number of aliphatic hydroxyl groups is 3. The summed E-state index contributed by atoms with van der Waals surface area (Å²) in [6.45, 7) is -0.115. The Morgan fingerprint density at radius 1 is 0.941 bits per heavy atom. The molecule has 0 fully saturated rings. The van der Waals surface area contributed by atoms with Crippen molar-refractivity contribution in [3.63, 3.8) is 0 Å². The summed E-state index contributed by atoms with van der Waals surface area (Å²) in [5.41, 5.74) is 0. The summed E-state index contributed by atoms with van der Waals surface area (Å²) >= 11 is 0. The van der Waals surface area contributed by atoms with E-state index in [4.69, 9.17) is 19.3 Å². The number of aliphatic hydroxyl groups excluding tert-OH is 3. The van der Waals surface area contributed by atoms with Crippen LogP contribution in [0.4, 0.5) is 0 Å². The van der Waals surface area contributed by atoms with Crippen molar-refractivity contribution >= 4 is 0 Å². The second kappa shape index (κ2) is 9.76. The summed E-state index contributed by atoms with van der Waals surface area (Å²) in [5, 5.41) is 28.0. The fraction of sp³-hybridized carbons (Fsp3) is 1.00. The molecule has 0 saturated carbocycles. The number of rotatable bonds is 10. The van der Waals surface area contributed by atoms with Gasteiger partial charge in [0.1, 0.15) is 0 Å².